The molecule has 0 bridgehead atoms. The fourth-order valence-corrected chi connectivity index (χ4v) is 2.49. The summed E-state index contributed by atoms with van der Waals surface area (Å²) in [4.78, 5) is 12.4. The van der Waals surface area contributed by atoms with Gasteiger partial charge in [0.05, 0.1) is 12.5 Å². The summed E-state index contributed by atoms with van der Waals surface area (Å²) in [6.45, 7) is 0.219. The molecule has 0 aliphatic carbocycles. The second-order valence-electron chi connectivity index (χ2n) is 5.05. The highest BCUT2D eigenvalue weighted by Crippen LogP contribution is 2.35. The topological polar surface area (TPSA) is 87.0 Å². The molecule has 0 amide bonds. The van der Waals surface area contributed by atoms with Gasteiger partial charge >= 0.3 is 0 Å². The van der Waals surface area contributed by atoms with Gasteiger partial charge in [0.1, 0.15) is 17.1 Å². The Labute approximate surface area is 121 Å². The molecule has 1 aliphatic rings. The molecule has 108 valence electrons. The van der Waals surface area contributed by atoms with Gasteiger partial charge < -0.3 is 20.1 Å². The van der Waals surface area contributed by atoms with E-state index >= 15 is 0 Å². The Morgan fingerprint density at radius 2 is 1.86 bits per heavy atom. The Hall–Kier alpha value is -2.69. The lowest BCUT2D eigenvalue weighted by Gasteiger charge is -2.24. The number of aromatic hydroxyl groups is 3. The average Bonchev–Trinajstić information content (AvgIpc) is 2.46. The maximum atomic E-state index is 12.4. The van der Waals surface area contributed by atoms with Gasteiger partial charge in [-0.15, -0.1) is 0 Å². The Kier molecular flexibility index (Phi) is 3.17. The van der Waals surface area contributed by atoms with Crippen LogP contribution in [-0.4, -0.2) is 27.7 Å². The van der Waals surface area contributed by atoms with Crippen LogP contribution >= 0.6 is 0 Å². The SMILES string of the molecule is O=C1c2c(O)cccc2OC[C@H]1Cc1ccc(O)c(O)c1. The first-order valence-corrected chi connectivity index (χ1v) is 6.56. The third-order valence-corrected chi connectivity index (χ3v) is 3.58. The maximum Gasteiger partial charge on any atom is 0.177 e. The van der Waals surface area contributed by atoms with E-state index in [-0.39, 0.29) is 35.2 Å². The molecular weight excluding hydrogens is 272 g/mol. The normalized spacial score (nSPS) is 17.1. The highest BCUT2D eigenvalue weighted by Gasteiger charge is 2.31. The molecule has 21 heavy (non-hydrogen) atoms. The van der Waals surface area contributed by atoms with Crippen LogP contribution in [-0.2, 0) is 6.42 Å². The number of Topliss-reactive ketones (excluding diaryl/α,β-unsaturated/α-hetero) is 1. The summed E-state index contributed by atoms with van der Waals surface area (Å²) in [5.74, 6) is -0.731. The number of fused-ring (bicyclic) bond motifs is 1. The molecule has 0 saturated heterocycles. The van der Waals surface area contributed by atoms with E-state index in [4.69, 9.17) is 4.74 Å². The first-order valence-electron chi connectivity index (χ1n) is 6.56. The van der Waals surface area contributed by atoms with Crippen LogP contribution in [0.15, 0.2) is 36.4 Å². The van der Waals surface area contributed by atoms with Crippen LogP contribution in [0.1, 0.15) is 15.9 Å². The molecule has 2 aromatic rings. The molecule has 0 fully saturated rings. The molecule has 0 saturated carbocycles. The Balaban J connectivity index is 1.86. The van der Waals surface area contributed by atoms with Crippen molar-refractivity contribution >= 4 is 5.78 Å². The largest absolute Gasteiger partial charge is 0.507 e. The molecule has 5 heteroatoms. The van der Waals surface area contributed by atoms with E-state index in [9.17, 15) is 20.1 Å². The Bertz CT molecular complexity index is 708. The van der Waals surface area contributed by atoms with Gasteiger partial charge in [-0.1, -0.05) is 12.1 Å². The van der Waals surface area contributed by atoms with Gasteiger partial charge in [0.2, 0.25) is 0 Å². The summed E-state index contributed by atoms with van der Waals surface area (Å²) < 4.78 is 5.52. The smallest absolute Gasteiger partial charge is 0.177 e. The van der Waals surface area contributed by atoms with E-state index in [1.54, 1.807) is 18.2 Å². The van der Waals surface area contributed by atoms with Crippen molar-refractivity contribution in [1.29, 1.82) is 0 Å². The second-order valence-corrected chi connectivity index (χ2v) is 5.05. The van der Waals surface area contributed by atoms with Crippen molar-refractivity contribution in [3.05, 3.63) is 47.5 Å². The van der Waals surface area contributed by atoms with Gasteiger partial charge in [0.15, 0.2) is 17.3 Å². The molecule has 0 aromatic heterocycles. The third-order valence-electron chi connectivity index (χ3n) is 3.58. The van der Waals surface area contributed by atoms with Crippen molar-refractivity contribution in [2.45, 2.75) is 6.42 Å². The maximum absolute atomic E-state index is 12.4. The van der Waals surface area contributed by atoms with Crippen LogP contribution in [0, 0.1) is 5.92 Å². The van der Waals surface area contributed by atoms with Crippen molar-refractivity contribution in [3.63, 3.8) is 0 Å². The highest BCUT2D eigenvalue weighted by atomic mass is 16.5. The number of benzene rings is 2. The first-order chi connectivity index (χ1) is 10.1. The van der Waals surface area contributed by atoms with E-state index in [1.165, 1.54) is 18.2 Å². The van der Waals surface area contributed by atoms with E-state index in [0.717, 1.165) is 0 Å². The number of ether oxygens (including phenoxy) is 1. The number of rotatable bonds is 2. The third kappa shape index (κ3) is 2.38. The molecule has 5 nitrogen and oxygen atoms in total. The molecule has 0 radical (unpaired) electrons. The zero-order valence-electron chi connectivity index (χ0n) is 11.1. The van der Waals surface area contributed by atoms with Crippen molar-refractivity contribution in [2.75, 3.05) is 6.61 Å². The summed E-state index contributed by atoms with van der Waals surface area (Å²) in [7, 11) is 0. The highest BCUT2D eigenvalue weighted by molar-refractivity contribution is 6.03. The van der Waals surface area contributed by atoms with Crippen molar-refractivity contribution in [2.24, 2.45) is 5.92 Å². The first kappa shape index (κ1) is 13.3. The van der Waals surface area contributed by atoms with Crippen LogP contribution in [0.25, 0.3) is 0 Å². The van der Waals surface area contributed by atoms with Crippen molar-refractivity contribution < 1.29 is 24.9 Å². The molecular formula is C16H14O5. The fraction of sp³-hybridized carbons (Fsp3) is 0.188. The number of carbonyl (C=O) groups is 1. The van der Waals surface area contributed by atoms with Gasteiger partial charge in [-0.2, -0.15) is 0 Å². The summed E-state index contributed by atoms with van der Waals surface area (Å²) >= 11 is 0. The minimum Gasteiger partial charge on any atom is -0.507 e. The monoisotopic (exact) mass is 286 g/mol. The zero-order valence-corrected chi connectivity index (χ0v) is 11.1. The van der Waals surface area contributed by atoms with Crippen LogP contribution in [0.3, 0.4) is 0 Å². The van der Waals surface area contributed by atoms with Crippen molar-refractivity contribution in [1.82, 2.24) is 0 Å². The second kappa shape index (κ2) is 5.01. The minimum absolute atomic E-state index is 0.0873. The number of phenolic OH excluding ortho intramolecular Hbond substituents is 3. The average molecular weight is 286 g/mol. The molecule has 1 heterocycles. The number of hydrogen-bond acceptors (Lipinski definition) is 5. The van der Waals surface area contributed by atoms with Gasteiger partial charge in [0.25, 0.3) is 0 Å². The number of hydrogen-bond donors (Lipinski definition) is 3. The number of ketones is 1. The molecule has 3 N–H and O–H groups in total. The van der Waals surface area contributed by atoms with E-state index in [1.807, 2.05) is 0 Å². The van der Waals surface area contributed by atoms with Gasteiger partial charge in [0, 0.05) is 0 Å². The lowest BCUT2D eigenvalue weighted by molar-refractivity contribution is 0.0826. The van der Waals surface area contributed by atoms with Crippen LogP contribution in [0.5, 0.6) is 23.0 Å². The number of carbonyl (C=O) groups excluding carboxylic acids is 1. The Morgan fingerprint density at radius 1 is 1.05 bits per heavy atom. The molecule has 0 spiro atoms. The minimum atomic E-state index is -0.435. The zero-order chi connectivity index (χ0) is 15.0. The van der Waals surface area contributed by atoms with E-state index < -0.39 is 5.92 Å². The van der Waals surface area contributed by atoms with Gasteiger partial charge in [-0.25, -0.2) is 0 Å². The lowest BCUT2D eigenvalue weighted by atomic mass is 9.89. The van der Waals surface area contributed by atoms with Gasteiger partial charge in [-0.05, 0) is 36.2 Å². The Morgan fingerprint density at radius 3 is 2.62 bits per heavy atom. The fourth-order valence-electron chi connectivity index (χ4n) is 2.49. The molecule has 3 rings (SSSR count). The summed E-state index contributed by atoms with van der Waals surface area (Å²) in [5.41, 5.74) is 0.919. The predicted molar refractivity (Wildman–Crippen MR) is 74.9 cm³/mol. The van der Waals surface area contributed by atoms with Crippen LogP contribution < -0.4 is 4.74 Å². The molecule has 0 unspecified atom stereocenters. The summed E-state index contributed by atoms with van der Waals surface area (Å²) in [6, 6.07) is 9.17. The lowest BCUT2D eigenvalue weighted by Crippen LogP contribution is -2.29. The van der Waals surface area contributed by atoms with E-state index in [2.05, 4.69) is 0 Å². The predicted octanol–water partition coefficient (Wildman–Crippen LogP) is 2.24. The van der Waals surface area contributed by atoms with E-state index in [0.29, 0.717) is 17.7 Å². The molecule has 2 aromatic carbocycles. The quantitative estimate of drug-likeness (QED) is 0.737. The van der Waals surface area contributed by atoms with Gasteiger partial charge in [-0.3, -0.25) is 4.79 Å². The summed E-state index contributed by atoms with van der Waals surface area (Å²) in [6.07, 6.45) is 0.362. The van der Waals surface area contributed by atoms with Crippen LogP contribution in [0.2, 0.25) is 0 Å². The van der Waals surface area contributed by atoms with Crippen molar-refractivity contribution in [3.8, 4) is 23.0 Å². The molecule has 1 aliphatic heterocycles. The van der Waals surface area contributed by atoms with Crippen LogP contribution in [0.4, 0.5) is 0 Å². The molecule has 1 atom stereocenters. The standard InChI is InChI=1S/C16H14O5/c17-11-5-4-9(7-13(11)19)6-10-8-21-14-3-1-2-12(18)15(14)16(10)20/h1-5,7,10,17-19H,6,8H2/t10-/m1/s1. The number of phenols is 3. The summed E-state index contributed by atoms with van der Waals surface area (Å²) in [5, 5.41) is 28.6.